The highest BCUT2D eigenvalue weighted by Gasteiger charge is 2.15. The van der Waals surface area contributed by atoms with Gasteiger partial charge < -0.3 is 16.4 Å². The molecule has 7 heteroatoms. The monoisotopic (exact) mass is 467 g/mol. The van der Waals surface area contributed by atoms with E-state index >= 15 is 0 Å². The number of hydrogen-bond acceptors (Lipinski definition) is 3. The van der Waals surface area contributed by atoms with Gasteiger partial charge in [0.15, 0.2) is 0 Å². The van der Waals surface area contributed by atoms with E-state index in [1.807, 2.05) is 6.07 Å². The van der Waals surface area contributed by atoms with Crippen molar-refractivity contribution in [2.45, 2.75) is 6.54 Å². The van der Waals surface area contributed by atoms with E-state index in [1.165, 1.54) is 18.2 Å². The number of anilines is 1. The van der Waals surface area contributed by atoms with Gasteiger partial charge in [0.2, 0.25) is 0 Å². The molecular formula is C23H19BrFN3O2. The molecule has 30 heavy (non-hydrogen) atoms. The zero-order valence-corrected chi connectivity index (χ0v) is 17.4. The molecule has 0 spiro atoms. The molecule has 0 aliphatic heterocycles. The number of amides is 2. The van der Waals surface area contributed by atoms with Crippen LogP contribution in [0.4, 0.5) is 10.1 Å². The Labute approximate surface area is 181 Å². The van der Waals surface area contributed by atoms with Crippen LogP contribution in [0, 0.1) is 5.82 Å². The minimum absolute atomic E-state index is 0.0789. The van der Waals surface area contributed by atoms with Crippen molar-refractivity contribution in [1.29, 1.82) is 0 Å². The lowest BCUT2D eigenvalue weighted by Crippen LogP contribution is -2.34. The molecule has 0 saturated carbocycles. The number of hydrogen-bond donors (Lipinski definition) is 3. The average Bonchev–Trinajstić information content (AvgIpc) is 2.74. The summed E-state index contributed by atoms with van der Waals surface area (Å²) >= 11 is 3.28. The van der Waals surface area contributed by atoms with Gasteiger partial charge in [-0.25, -0.2) is 4.39 Å². The molecule has 0 heterocycles. The van der Waals surface area contributed by atoms with Gasteiger partial charge in [0, 0.05) is 27.8 Å². The van der Waals surface area contributed by atoms with Crippen LogP contribution in [0.2, 0.25) is 0 Å². The number of nitrogens with two attached hydrogens (primary N) is 1. The molecule has 0 aromatic heterocycles. The highest BCUT2D eigenvalue weighted by Crippen LogP contribution is 2.18. The number of benzene rings is 3. The summed E-state index contributed by atoms with van der Waals surface area (Å²) in [4.78, 5) is 25.4. The van der Waals surface area contributed by atoms with Gasteiger partial charge in [0.1, 0.15) is 11.5 Å². The lowest BCUT2D eigenvalue weighted by atomic mass is 10.1. The third-order valence-electron chi connectivity index (χ3n) is 4.19. The van der Waals surface area contributed by atoms with Crippen molar-refractivity contribution in [3.63, 3.8) is 0 Å². The molecule has 0 atom stereocenters. The SMILES string of the molecule is Nc1cccc(CNC(=O)C(=Cc2cc(Br)ccc2F)NC(=O)c2ccccc2)c1. The summed E-state index contributed by atoms with van der Waals surface area (Å²) in [7, 11) is 0. The van der Waals surface area contributed by atoms with Crippen molar-refractivity contribution < 1.29 is 14.0 Å². The predicted molar refractivity (Wildman–Crippen MR) is 119 cm³/mol. The maximum atomic E-state index is 14.2. The molecular weight excluding hydrogens is 449 g/mol. The molecule has 5 nitrogen and oxygen atoms in total. The van der Waals surface area contributed by atoms with E-state index in [4.69, 9.17) is 5.73 Å². The topological polar surface area (TPSA) is 84.2 Å². The molecule has 0 bridgehead atoms. The lowest BCUT2D eigenvalue weighted by Gasteiger charge is -2.12. The van der Waals surface area contributed by atoms with E-state index in [1.54, 1.807) is 54.6 Å². The smallest absolute Gasteiger partial charge is 0.268 e. The molecule has 0 unspecified atom stereocenters. The van der Waals surface area contributed by atoms with Crippen LogP contribution in [0.25, 0.3) is 6.08 Å². The van der Waals surface area contributed by atoms with E-state index in [9.17, 15) is 14.0 Å². The molecule has 152 valence electrons. The summed E-state index contributed by atoms with van der Waals surface area (Å²) in [5.74, 6) is -1.55. The minimum Gasteiger partial charge on any atom is -0.399 e. The van der Waals surface area contributed by atoms with E-state index in [0.29, 0.717) is 15.7 Å². The van der Waals surface area contributed by atoms with Crippen molar-refractivity contribution in [3.05, 3.63) is 105 Å². The largest absolute Gasteiger partial charge is 0.399 e. The summed E-state index contributed by atoms with van der Waals surface area (Å²) in [6.45, 7) is 0.198. The second-order valence-electron chi connectivity index (χ2n) is 6.47. The van der Waals surface area contributed by atoms with Crippen molar-refractivity contribution >= 4 is 39.5 Å². The first-order chi connectivity index (χ1) is 14.4. The van der Waals surface area contributed by atoms with Gasteiger partial charge in [-0.3, -0.25) is 9.59 Å². The molecule has 4 N–H and O–H groups in total. The number of nitrogen functional groups attached to an aromatic ring is 1. The van der Waals surface area contributed by atoms with Gasteiger partial charge in [-0.15, -0.1) is 0 Å². The standard InChI is InChI=1S/C23H19BrFN3O2/c24-18-9-10-20(25)17(12-18)13-21(28-22(29)16-6-2-1-3-7-16)23(30)27-14-15-5-4-8-19(26)11-15/h1-13H,14,26H2,(H,27,30)(H,28,29). The van der Waals surface area contributed by atoms with Gasteiger partial charge in [-0.1, -0.05) is 46.3 Å². The molecule has 0 fully saturated rings. The zero-order chi connectivity index (χ0) is 21.5. The Morgan fingerprint density at radius 3 is 2.50 bits per heavy atom. The summed E-state index contributed by atoms with van der Waals surface area (Å²) in [5, 5.41) is 5.31. The first kappa shape index (κ1) is 21.3. The maximum Gasteiger partial charge on any atom is 0.268 e. The van der Waals surface area contributed by atoms with Crippen molar-refractivity contribution in [2.24, 2.45) is 0 Å². The molecule has 3 aromatic rings. The quantitative estimate of drug-likeness (QED) is 0.374. The van der Waals surface area contributed by atoms with E-state index < -0.39 is 17.6 Å². The normalized spacial score (nSPS) is 11.1. The second-order valence-corrected chi connectivity index (χ2v) is 7.39. The van der Waals surface area contributed by atoms with Crippen molar-refractivity contribution in [3.8, 4) is 0 Å². The number of carbonyl (C=O) groups is 2. The Morgan fingerprint density at radius 1 is 1.00 bits per heavy atom. The average molecular weight is 468 g/mol. The van der Waals surface area contributed by atoms with Crippen LogP contribution in [0.1, 0.15) is 21.5 Å². The molecule has 0 aliphatic rings. The molecule has 2 amide bonds. The van der Waals surface area contributed by atoms with Gasteiger partial charge >= 0.3 is 0 Å². The van der Waals surface area contributed by atoms with Crippen LogP contribution in [-0.2, 0) is 11.3 Å². The molecule has 0 saturated heterocycles. The fourth-order valence-corrected chi connectivity index (χ4v) is 3.08. The number of halogens is 2. The van der Waals surface area contributed by atoms with Gasteiger partial charge in [-0.05, 0) is 54.1 Å². The van der Waals surface area contributed by atoms with Crippen LogP contribution in [0.3, 0.4) is 0 Å². The maximum absolute atomic E-state index is 14.2. The number of rotatable bonds is 6. The predicted octanol–water partition coefficient (Wildman–Crippen LogP) is 4.26. The Balaban J connectivity index is 1.86. The molecule has 3 aromatic carbocycles. The van der Waals surface area contributed by atoms with Crippen LogP contribution >= 0.6 is 15.9 Å². The Hall–Kier alpha value is -3.45. The van der Waals surface area contributed by atoms with Crippen molar-refractivity contribution in [1.82, 2.24) is 10.6 Å². The van der Waals surface area contributed by atoms with Crippen molar-refractivity contribution in [2.75, 3.05) is 5.73 Å². The summed E-state index contributed by atoms with van der Waals surface area (Å²) < 4.78 is 14.9. The molecule has 0 radical (unpaired) electrons. The second kappa shape index (κ2) is 9.84. The van der Waals surface area contributed by atoms with E-state index in [-0.39, 0.29) is 17.8 Å². The summed E-state index contributed by atoms with van der Waals surface area (Å²) in [6, 6.07) is 19.9. The zero-order valence-electron chi connectivity index (χ0n) is 15.9. The number of nitrogens with one attached hydrogen (secondary N) is 2. The highest BCUT2D eigenvalue weighted by molar-refractivity contribution is 9.10. The lowest BCUT2D eigenvalue weighted by molar-refractivity contribution is -0.117. The fraction of sp³-hybridized carbons (Fsp3) is 0.0435. The third-order valence-corrected chi connectivity index (χ3v) is 4.68. The number of carbonyl (C=O) groups excluding carboxylic acids is 2. The highest BCUT2D eigenvalue weighted by atomic mass is 79.9. The Kier molecular flexibility index (Phi) is 6.98. The first-order valence-electron chi connectivity index (χ1n) is 9.08. The molecule has 3 rings (SSSR count). The third kappa shape index (κ3) is 5.78. The summed E-state index contributed by atoms with van der Waals surface area (Å²) in [5.41, 5.74) is 7.59. The van der Waals surface area contributed by atoms with Crippen LogP contribution < -0.4 is 16.4 Å². The first-order valence-corrected chi connectivity index (χ1v) is 9.87. The summed E-state index contributed by atoms with van der Waals surface area (Å²) in [6.07, 6.45) is 1.30. The molecule has 0 aliphatic carbocycles. The Morgan fingerprint density at radius 2 is 1.77 bits per heavy atom. The fourth-order valence-electron chi connectivity index (χ4n) is 2.70. The van der Waals surface area contributed by atoms with Gasteiger partial charge in [0.05, 0.1) is 0 Å². The van der Waals surface area contributed by atoms with Crippen LogP contribution in [0.15, 0.2) is 83.0 Å². The van der Waals surface area contributed by atoms with Crippen LogP contribution in [-0.4, -0.2) is 11.8 Å². The van der Waals surface area contributed by atoms with Crippen LogP contribution in [0.5, 0.6) is 0 Å². The van der Waals surface area contributed by atoms with E-state index in [0.717, 1.165) is 5.56 Å². The van der Waals surface area contributed by atoms with Gasteiger partial charge in [-0.2, -0.15) is 0 Å². The van der Waals surface area contributed by atoms with E-state index in [2.05, 4.69) is 26.6 Å². The Bertz CT molecular complexity index is 1100. The minimum atomic E-state index is -0.555. The van der Waals surface area contributed by atoms with Gasteiger partial charge in [0.25, 0.3) is 11.8 Å².